The fourth-order valence-corrected chi connectivity index (χ4v) is 2.77. The van der Waals surface area contributed by atoms with E-state index in [0.717, 1.165) is 23.4 Å². The van der Waals surface area contributed by atoms with Crippen LogP contribution in [-0.4, -0.2) is 12.0 Å². The summed E-state index contributed by atoms with van der Waals surface area (Å²) in [6, 6.07) is 14.1. The van der Waals surface area contributed by atoms with Gasteiger partial charge in [0.05, 0.1) is 0 Å². The lowest BCUT2D eigenvalue weighted by atomic mass is 10.1. The standard InChI is InChI=1S/C22H29NO2/c1-5-7-8-18-10-12-19(13-11-18)23-22(24)20(6-2)25-21-14-9-16(3)15-17(21)4/h9-15,20H,5-8H2,1-4H3,(H,23,24)/t20-/m0/s1. The van der Waals surface area contributed by atoms with E-state index < -0.39 is 6.10 Å². The van der Waals surface area contributed by atoms with E-state index in [1.165, 1.54) is 24.0 Å². The smallest absolute Gasteiger partial charge is 0.265 e. The second kappa shape index (κ2) is 9.26. The third-order valence-electron chi connectivity index (χ3n) is 4.30. The molecule has 3 heteroatoms. The number of benzene rings is 2. The number of hydrogen-bond acceptors (Lipinski definition) is 2. The largest absolute Gasteiger partial charge is 0.480 e. The normalized spacial score (nSPS) is 11.8. The summed E-state index contributed by atoms with van der Waals surface area (Å²) < 4.78 is 5.95. The highest BCUT2D eigenvalue weighted by Crippen LogP contribution is 2.21. The maximum absolute atomic E-state index is 12.5. The molecule has 0 bridgehead atoms. The lowest BCUT2D eigenvalue weighted by molar-refractivity contribution is -0.122. The Morgan fingerprint density at radius 2 is 1.80 bits per heavy atom. The fourth-order valence-electron chi connectivity index (χ4n) is 2.77. The zero-order valence-corrected chi connectivity index (χ0v) is 15.8. The summed E-state index contributed by atoms with van der Waals surface area (Å²) in [4.78, 5) is 12.5. The molecule has 1 amide bonds. The molecule has 2 aromatic rings. The number of rotatable bonds is 8. The van der Waals surface area contributed by atoms with Gasteiger partial charge >= 0.3 is 0 Å². The van der Waals surface area contributed by atoms with E-state index in [0.29, 0.717) is 6.42 Å². The van der Waals surface area contributed by atoms with E-state index in [-0.39, 0.29) is 5.91 Å². The summed E-state index contributed by atoms with van der Waals surface area (Å²) in [5.41, 5.74) is 4.35. The van der Waals surface area contributed by atoms with E-state index in [4.69, 9.17) is 4.74 Å². The van der Waals surface area contributed by atoms with E-state index >= 15 is 0 Å². The third kappa shape index (κ3) is 5.63. The first kappa shape index (κ1) is 19.0. The van der Waals surface area contributed by atoms with Crippen molar-refractivity contribution in [1.82, 2.24) is 0 Å². The van der Waals surface area contributed by atoms with Crippen molar-refractivity contribution in [2.45, 2.75) is 59.5 Å². The van der Waals surface area contributed by atoms with Crippen LogP contribution in [0.1, 0.15) is 49.8 Å². The maximum atomic E-state index is 12.5. The molecule has 0 unspecified atom stereocenters. The number of hydrogen-bond donors (Lipinski definition) is 1. The monoisotopic (exact) mass is 339 g/mol. The average molecular weight is 339 g/mol. The van der Waals surface area contributed by atoms with Crippen molar-refractivity contribution in [2.24, 2.45) is 0 Å². The van der Waals surface area contributed by atoms with E-state index in [2.05, 4.69) is 30.4 Å². The molecule has 134 valence electrons. The number of aryl methyl sites for hydroxylation is 3. The molecule has 3 nitrogen and oxygen atoms in total. The van der Waals surface area contributed by atoms with Gasteiger partial charge in [0.1, 0.15) is 5.75 Å². The Labute approximate surface area is 151 Å². The van der Waals surface area contributed by atoms with Crippen LogP contribution < -0.4 is 10.1 Å². The van der Waals surface area contributed by atoms with Crippen molar-refractivity contribution in [3.05, 3.63) is 59.2 Å². The minimum Gasteiger partial charge on any atom is -0.480 e. The molecule has 0 aliphatic carbocycles. The summed E-state index contributed by atoms with van der Waals surface area (Å²) in [5.74, 6) is 0.659. The van der Waals surface area contributed by atoms with Crippen molar-refractivity contribution in [3.63, 3.8) is 0 Å². The molecule has 0 aromatic heterocycles. The zero-order valence-electron chi connectivity index (χ0n) is 15.8. The quantitative estimate of drug-likeness (QED) is 0.695. The Balaban J connectivity index is 1.99. The first-order chi connectivity index (χ1) is 12.0. The number of carbonyl (C=O) groups excluding carboxylic acids is 1. The summed E-state index contributed by atoms with van der Waals surface area (Å²) in [7, 11) is 0. The number of amides is 1. The number of anilines is 1. The summed E-state index contributed by atoms with van der Waals surface area (Å²) in [5, 5.41) is 2.96. The average Bonchev–Trinajstić information content (AvgIpc) is 2.60. The highest BCUT2D eigenvalue weighted by atomic mass is 16.5. The molecule has 1 N–H and O–H groups in total. The van der Waals surface area contributed by atoms with Crippen LogP contribution in [0.4, 0.5) is 5.69 Å². The molecule has 25 heavy (non-hydrogen) atoms. The van der Waals surface area contributed by atoms with Crippen LogP contribution in [0.25, 0.3) is 0 Å². The number of carbonyl (C=O) groups is 1. The van der Waals surface area contributed by atoms with Crippen molar-refractivity contribution in [1.29, 1.82) is 0 Å². The predicted molar refractivity (Wildman–Crippen MR) is 104 cm³/mol. The van der Waals surface area contributed by atoms with Gasteiger partial charge in [-0.25, -0.2) is 0 Å². The molecule has 0 radical (unpaired) electrons. The third-order valence-corrected chi connectivity index (χ3v) is 4.30. The van der Waals surface area contributed by atoms with E-state index in [1.54, 1.807) is 0 Å². The molecule has 0 spiro atoms. The SMILES string of the molecule is CCCCc1ccc(NC(=O)[C@H](CC)Oc2ccc(C)cc2C)cc1. The van der Waals surface area contributed by atoms with Gasteiger partial charge in [-0.1, -0.05) is 50.1 Å². The van der Waals surface area contributed by atoms with Crippen LogP contribution in [0.5, 0.6) is 5.75 Å². The molecule has 1 atom stereocenters. The fraction of sp³-hybridized carbons (Fsp3) is 0.409. The molecule has 2 rings (SSSR count). The van der Waals surface area contributed by atoms with Crippen LogP contribution in [0.15, 0.2) is 42.5 Å². The maximum Gasteiger partial charge on any atom is 0.265 e. The van der Waals surface area contributed by atoms with Crippen LogP contribution in [0.3, 0.4) is 0 Å². The highest BCUT2D eigenvalue weighted by Gasteiger charge is 2.19. The zero-order chi connectivity index (χ0) is 18.2. The van der Waals surface area contributed by atoms with Gasteiger partial charge in [0.2, 0.25) is 0 Å². The van der Waals surface area contributed by atoms with E-state index in [1.807, 2.05) is 45.0 Å². The molecule has 0 saturated carbocycles. The van der Waals surface area contributed by atoms with Crippen molar-refractivity contribution in [3.8, 4) is 5.75 Å². The van der Waals surface area contributed by atoms with E-state index in [9.17, 15) is 4.79 Å². The second-order valence-corrected chi connectivity index (χ2v) is 6.57. The van der Waals surface area contributed by atoms with Crippen LogP contribution >= 0.6 is 0 Å². The minimum atomic E-state index is -0.499. The van der Waals surface area contributed by atoms with Gasteiger partial charge in [0.15, 0.2) is 6.10 Å². The number of ether oxygens (including phenoxy) is 1. The molecular formula is C22H29NO2. The Hall–Kier alpha value is -2.29. The van der Waals surface area contributed by atoms with Gasteiger partial charge in [-0.2, -0.15) is 0 Å². The summed E-state index contributed by atoms with van der Waals surface area (Å²) >= 11 is 0. The van der Waals surface area contributed by atoms with Crippen molar-refractivity contribution < 1.29 is 9.53 Å². The minimum absolute atomic E-state index is 0.108. The summed E-state index contributed by atoms with van der Waals surface area (Å²) in [6.07, 6.45) is 3.58. The Kier molecular flexibility index (Phi) is 7.05. The van der Waals surface area contributed by atoms with Crippen molar-refractivity contribution in [2.75, 3.05) is 5.32 Å². The predicted octanol–water partition coefficient (Wildman–Crippen LogP) is 5.44. The lowest BCUT2D eigenvalue weighted by Gasteiger charge is -2.19. The first-order valence-corrected chi connectivity index (χ1v) is 9.17. The molecule has 0 aliphatic rings. The Bertz CT molecular complexity index is 692. The van der Waals surface area contributed by atoms with Crippen LogP contribution in [0, 0.1) is 13.8 Å². The molecule has 0 fully saturated rings. The van der Waals surface area contributed by atoms with Gasteiger partial charge < -0.3 is 10.1 Å². The molecule has 0 aliphatic heterocycles. The summed E-state index contributed by atoms with van der Waals surface area (Å²) in [6.45, 7) is 8.20. The van der Waals surface area contributed by atoms with Gasteiger partial charge in [-0.05, 0) is 62.4 Å². The topological polar surface area (TPSA) is 38.3 Å². The Morgan fingerprint density at radius 1 is 1.08 bits per heavy atom. The number of nitrogens with one attached hydrogen (secondary N) is 1. The van der Waals surface area contributed by atoms with Gasteiger partial charge in [-0.15, -0.1) is 0 Å². The van der Waals surface area contributed by atoms with Crippen molar-refractivity contribution >= 4 is 11.6 Å². The van der Waals surface area contributed by atoms with Gasteiger partial charge in [0, 0.05) is 5.69 Å². The Morgan fingerprint density at radius 3 is 2.40 bits per heavy atom. The lowest BCUT2D eigenvalue weighted by Crippen LogP contribution is -2.32. The molecule has 0 heterocycles. The van der Waals surface area contributed by atoms with Gasteiger partial charge in [0.25, 0.3) is 5.91 Å². The highest BCUT2D eigenvalue weighted by molar-refractivity contribution is 5.94. The molecular weight excluding hydrogens is 310 g/mol. The molecule has 2 aromatic carbocycles. The molecule has 0 saturated heterocycles. The van der Waals surface area contributed by atoms with Gasteiger partial charge in [-0.3, -0.25) is 4.79 Å². The first-order valence-electron chi connectivity index (χ1n) is 9.17. The number of unbranched alkanes of at least 4 members (excludes halogenated alkanes) is 1. The second-order valence-electron chi connectivity index (χ2n) is 6.57. The van der Waals surface area contributed by atoms with Crippen LogP contribution in [0.2, 0.25) is 0 Å². The van der Waals surface area contributed by atoms with Crippen LogP contribution in [-0.2, 0) is 11.2 Å².